The van der Waals surface area contributed by atoms with Gasteiger partial charge in [0.25, 0.3) is 0 Å². The molecule has 0 saturated carbocycles. The van der Waals surface area contributed by atoms with E-state index in [0.29, 0.717) is 32.5 Å². The van der Waals surface area contributed by atoms with Gasteiger partial charge in [0.15, 0.2) is 0 Å². The molecule has 116 valence electrons. The summed E-state index contributed by atoms with van der Waals surface area (Å²) in [6.07, 6.45) is 0.488. The van der Waals surface area contributed by atoms with Crippen LogP contribution >= 0.6 is 0 Å². The lowest BCUT2D eigenvalue weighted by Gasteiger charge is -2.31. The van der Waals surface area contributed by atoms with E-state index >= 15 is 0 Å². The minimum absolute atomic E-state index is 0.0244. The van der Waals surface area contributed by atoms with Crippen LogP contribution in [0.3, 0.4) is 0 Å². The molecule has 1 aliphatic heterocycles. The topological polar surface area (TPSA) is 70.1 Å². The van der Waals surface area contributed by atoms with Crippen LogP contribution in [0.4, 0.5) is 4.79 Å². The van der Waals surface area contributed by atoms with E-state index in [-0.39, 0.29) is 24.6 Å². The van der Waals surface area contributed by atoms with Crippen molar-refractivity contribution in [3.05, 3.63) is 0 Å². The summed E-state index contributed by atoms with van der Waals surface area (Å²) < 4.78 is 5.37. The number of amides is 2. The highest BCUT2D eigenvalue weighted by atomic mass is 16.6. The molecule has 1 aliphatic rings. The molecule has 1 heterocycles. The van der Waals surface area contributed by atoms with E-state index in [0.717, 1.165) is 0 Å². The van der Waals surface area contributed by atoms with Crippen LogP contribution in [0.2, 0.25) is 0 Å². The van der Waals surface area contributed by atoms with Crippen molar-refractivity contribution in [2.75, 3.05) is 26.2 Å². The molecule has 6 nitrogen and oxygen atoms in total. The van der Waals surface area contributed by atoms with Gasteiger partial charge in [-0.15, -0.1) is 0 Å². The van der Waals surface area contributed by atoms with Crippen molar-refractivity contribution >= 4 is 12.0 Å². The number of rotatable bonds is 3. The highest BCUT2D eigenvalue weighted by molar-refractivity contribution is 5.78. The third kappa shape index (κ3) is 5.00. The maximum atomic E-state index is 12.1. The van der Waals surface area contributed by atoms with Gasteiger partial charge in [-0.2, -0.15) is 0 Å². The summed E-state index contributed by atoms with van der Waals surface area (Å²) in [5.74, 6) is 0.0244. The molecular weight excluding hydrogens is 260 g/mol. The van der Waals surface area contributed by atoms with Crippen LogP contribution < -0.4 is 0 Å². The third-order valence-corrected chi connectivity index (χ3v) is 3.15. The molecule has 6 heteroatoms. The third-order valence-electron chi connectivity index (χ3n) is 3.15. The van der Waals surface area contributed by atoms with Crippen molar-refractivity contribution in [3.8, 4) is 0 Å². The van der Waals surface area contributed by atoms with Gasteiger partial charge in [-0.05, 0) is 34.1 Å². The highest BCUT2D eigenvalue weighted by Crippen LogP contribution is 2.16. The molecule has 20 heavy (non-hydrogen) atoms. The van der Waals surface area contributed by atoms with Crippen molar-refractivity contribution in [2.45, 2.75) is 52.2 Å². The number of aliphatic hydroxyl groups excluding tert-OH is 1. The second kappa shape index (κ2) is 6.92. The van der Waals surface area contributed by atoms with Gasteiger partial charge < -0.3 is 19.6 Å². The first-order valence-electron chi connectivity index (χ1n) is 7.13. The summed E-state index contributed by atoms with van der Waals surface area (Å²) in [5.41, 5.74) is -0.538. The lowest BCUT2D eigenvalue weighted by molar-refractivity contribution is -0.130. The Labute approximate surface area is 120 Å². The van der Waals surface area contributed by atoms with Gasteiger partial charge in [-0.3, -0.25) is 4.79 Å². The molecule has 1 atom stereocenters. The molecule has 0 aromatic rings. The second-order valence-corrected chi connectivity index (χ2v) is 6.19. The molecule has 1 saturated heterocycles. The van der Waals surface area contributed by atoms with Crippen LogP contribution in [0.1, 0.15) is 40.5 Å². The van der Waals surface area contributed by atoms with Gasteiger partial charge in [-0.1, -0.05) is 0 Å². The molecule has 1 N–H and O–H groups in total. The molecule has 1 rings (SSSR count). The summed E-state index contributed by atoms with van der Waals surface area (Å²) in [7, 11) is 0. The van der Waals surface area contributed by atoms with Gasteiger partial charge in [0.1, 0.15) is 5.60 Å². The fraction of sp³-hybridized carbons (Fsp3) is 0.857. The summed E-state index contributed by atoms with van der Waals surface area (Å²) in [5, 5.41) is 8.86. The largest absolute Gasteiger partial charge is 0.444 e. The van der Waals surface area contributed by atoms with Crippen LogP contribution in [0.25, 0.3) is 0 Å². The van der Waals surface area contributed by atoms with E-state index in [1.807, 2.05) is 27.7 Å². The first-order valence-corrected chi connectivity index (χ1v) is 7.13. The number of aliphatic hydroxyl groups is 1. The number of carbonyl (C=O) groups is 2. The Hall–Kier alpha value is -1.30. The molecule has 0 bridgehead atoms. The van der Waals surface area contributed by atoms with Crippen molar-refractivity contribution in [2.24, 2.45) is 0 Å². The molecule has 1 fully saturated rings. The number of hydrogen-bond donors (Lipinski definition) is 1. The molecule has 2 amide bonds. The number of ether oxygens (including phenoxy) is 1. The standard InChI is InChI=1S/C14H26N2O4/c1-11-10-15(7-5-9-17)12(18)6-8-16(11)13(19)20-14(2,3)4/h11,17H,5-10H2,1-4H3. The molecule has 0 spiro atoms. The van der Waals surface area contributed by atoms with Gasteiger partial charge >= 0.3 is 6.09 Å². The summed E-state index contributed by atoms with van der Waals surface area (Å²) in [6.45, 7) is 8.84. The van der Waals surface area contributed by atoms with Crippen molar-refractivity contribution in [1.29, 1.82) is 0 Å². The zero-order valence-corrected chi connectivity index (χ0v) is 12.9. The smallest absolute Gasteiger partial charge is 0.410 e. The van der Waals surface area contributed by atoms with Crippen LogP contribution in [-0.2, 0) is 9.53 Å². The van der Waals surface area contributed by atoms with Gasteiger partial charge in [0.2, 0.25) is 5.91 Å². The Balaban J connectivity index is 2.68. The zero-order chi connectivity index (χ0) is 15.3. The van der Waals surface area contributed by atoms with Gasteiger partial charge in [0, 0.05) is 38.7 Å². The van der Waals surface area contributed by atoms with Gasteiger partial charge in [-0.25, -0.2) is 4.79 Å². The Bertz CT molecular complexity index is 352. The minimum atomic E-state index is -0.538. The van der Waals surface area contributed by atoms with Crippen molar-refractivity contribution in [3.63, 3.8) is 0 Å². The molecule has 0 aliphatic carbocycles. The average Bonchev–Trinajstić information content (AvgIpc) is 2.44. The number of carbonyl (C=O) groups excluding carboxylic acids is 2. The number of nitrogens with zero attached hydrogens (tertiary/aromatic N) is 2. The second-order valence-electron chi connectivity index (χ2n) is 6.19. The predicted molar refractivity (Wildman–Crippen MR) is 75.3 cm³/mol. The fourth-order valence-corrected chi connectivity index (χ4v) is 2.18. The number of hydrogen-bond acceptors (Lipinski definition) is 4. The molecule has 0 radical (unpaired) electrons. The van der Waals surface area contributed by atoms with E-state index in [2.05, 4.69) is 0 Å². The molecule has 0 aromatic carbocycles. The Morgan fingerprint density at radius 3 is 2.65 bits per heavy atom. The van der Waals surface area contributed by atoms with Crippen LogP contribution in [-0.4, -0.2) is 64.8 Å². The lowest BCUT2D eigenvalue weighted by atomic mass is 10.2. The molecule has 1 unspecified atom stereocenters. The van der Waals surface area contributed by atoms with E-state index in [1.54, 1.807) is 9.80 Å². The van der Waals surface area contributed by atoms with Crippen molar-refractivity contribution in [1.82, 2.24) is 9.80 Å². The maximum absolute atomic E-state index is 12.1. The minimum Gasteiger partial charge on any atom is -0.444 e. The monoisotopic (exact) mass is 286 g/mol. The normalized spacial score (nSPS) is 20.9. The zero-order valence-electron chi connectivity index (χ0n) is 12.9. The Morgan fingerprint density at radius 2 is 2.10 bits per heavy atom. The van der Waals surface area contributed by atoms with Crippen molar-refractivity contribution < 1.29 is 19.4 Å². The highest BCUT2D eigenvalue weighted by Gasteiger charge is 2.31. The van der Waals surface area contributed by atoms with Crippen LogP contribution in [0.15, 0.2) is 0 Å². The molecular formula is C14H26N2O4. The van der Waals surface area contributed by atoms with E-state index in [9.17, 15) is 9.59 Å². The predicted octanol–water partition coefficient (Wildman–Crippen LogP) is 1.23. The van der Waals surface area contributed by atoms with E-state index in [4.69, 9.17) is 9.84 Å². The van der Waals surface area contributed by atoms with E-state index < -0.39 is 5.60 Å². The van der Waals surface area contributed by atoms with E-state index in [1.165, 1.54) is 0 Å². The van der Waals surface area contributed by atoms with Gasteiger partial charge in [0.05, 0.1) is 0 Å². The first kappa shape index (κ1) is 16.8. The SMILES string of the molecule is CC1CN(CCCO)C(=O)CCN1C(=O)OC(C)(C)C. The van der Waals surface area contributed by atoms with Crippen LogP contribution in [0.5, 0.6) is 0 Å². The molecule has 0 aromatic heterocycles. The average molecular weight is 286 g/mol. The maximum Gasteiger partial charge on any atom is 0.410 e. The first-order chi connectivity index (χ1) is 9.24. The van der Waals surface area contributed by atoms with Crippen LogP contribution in [0, 0.1) is 0 Å². The summed E-state index contributed by atoms with van der Waals surface area (Å²) in [6, 6.07) is -0.0880. The fourth-order valence-electron chi connectivity index (χ4n) is 2.18. The summed E-state index contributed by atoms with van der Waals surface area (Å²) >= 11 is 0. The summed E-state index contributed by atoms with van der Waals surface area (Å²) in [4.78, 5) is 27.4. The Kier molecular flexibility index (Phi) is 5.80. The lowest BCUT2D eigenvalue weighted by Crippen LogP contribution is -2.45. The quantitative estimate of drug-likeness (QED) is 0.847. The Morgan fingerprint density at radius 1 is 1.45 bits per heavy atom.